The summed E-state index contributed by atoms with van der Waals surface area (Å²) in [5.41, 5.74) is 2.75. The molecule has 130 valence electrons. The molecule has 0 heterocycles. The summed E-state index contributed by atoms with van der Waals surface area (Å²) in [5.74, 6) is -0.403. The number of anilines is 2. The van der Waals surface area contributed by atoms with Crippen molar-refractivity contribution in [3.8, 4) is 0 Å². The predicted octanol–water partition coefficient (Wildman–Crippen LogP) is 4.12. The smallest absolute Gasteiger partial charge is 0.257 e. The number of carbonyl (C=O) groups is 2. The fraction of sp³-hybridized carbons (Fsp3) is 0.167. The molecule has 0 aliphatic heterocycles. The maximum atomic E-state index is 12.1. The fourth-order valence-electron chi connectivity index (χ4n) is 2.01. The van der Waals surface area contributed by atoms with Crippen LogP contribution in [0.15, 0.2) is 42.5 Å². The summed E-state index contributed by atoms with van der Waals surface area (Å²) in [6.07, 6.45) is 0.395. The van der Waals surface area contributed by atoms with Gasteiger partial charge in [0.15, 0.2) is 5.11 Å². The van der Waals surface area contributed by atoms with Gasteiger partial charge in [-0.25, -0.2) is 0 Å². The van der Waals surface area contributed by atoms with E-state index in [1.54, 1.807) is 37.3 Å². The summed E-state index contributed by atoms with van der Waals surface area (Å²) in [6, 6.07) is 11.9. The van der Waals surface area contributed by atoms with Gasteiger partial charge in [-0.15, -0.1) is 0 Å². The summed E-state index contributed by atoms with van der Waals surface area (Å²) in [7, 11) is 0. The lowest BCUT2D eigenvalue weighted by atomic mass is 10.1. The van der Waals surface area contributed by atoms with E-state index >= 15 is 0 Å². The van der Waals surface area contributed by atoms with Crippen LogP contribution in [0.5, 0.6) is 0 Å². The number of hydrogen-bond donors (Lipinski definition) is 3. The van der Waals surface area contributed by atoms with Crippen molar-refractivity contribution in [2.24, 2.45) is 0 Å². The van der Waals surface area contributed by atoms with Crippen molar-refractivity contribution in [2.45, 2.75) is 20.3 Å². The zero-order valence-electron chi connectivity index (χ0n) is 13.9. The summed E-state index contributed by atoms with van der Waals surface area (Å²) < 4.78 is 0. The summed E-state index contributed by atoms with van der Waals surface area (Å²) >= 11 is 11.0. The number of halogens is 1. The number of hydrogen-bond acceptors (Lipinski definition) is 3. The van der Waals surface area contributed by atoms with Crippen molar-refractivity contribution in [1.82, 2.24) is 5.32 Å². The van der Waals surface area contributed by atoms with Crippen molar-refractivity contribution in [2.75, 3.05) is 10.6 Å². The zero-order valence-corrected chi connectivity index (χ0v) is 15.4. The molecule has 2 aromatic rings. The van der Waals surface area contributed by atoms with E-state index in [1.807, 2.05) is 19.1 Å². The molecule has 2 aromatic carbocycles. The Morgan fingerprint density at radius 2 is 1.76 bits per heavy atom. The number of nitrogens with one attached hydrogen (secondary N) is 3. The average Bonchev–Trinajstić information content (AvgIpc) is 2.58. The van der Waals surface area contributed by atoms with Gasteiger partial charge in [0.25, 0.3) is 5.91 Å². The first-order valence-corrected chi connectivity index (χ1v) is 8.46. The Labute approximate surface area is 156 Å². The topological polar surface area (TPSA) is 70.2 Å². The fourth-order valence-corrected chi connectivity index (χ4v) is 2.35. The van der Waals surface area contributed by atoms with Gasteiger partial charge in [-0.1, -0.05) is 24.6 Å². The second-order valence-electron chi connectivity index (χ2n) is 5.35. The first kappa shape index (κ1) is 18.9. The van der Waals surface area contributed by atoms with Crippen LogP contribution in [-0.4, -0.2) is 16.9 Å². The molecule has 5 nitrogen and oxygen atoms in total. The van der Waals surface area contributed by atoms with Crippen LogP contribution in [0.2, 0.25) is 5.02 Å². The molecular formula is C18H18ClN3O2S. The monoisotopic (exact) mass is 375 g/mol. The Kier molecular flexibility index (Phi) is 6.50. The molecule has 0 bridgehead atoms. The number of carbonyl (C=O) groups excluding carboxylic acids is 2. The highest BCUT2D eigenvalue weighted by atomic mass is 35.5. The van der Waals surface area contributed by atoms with Crippen LogP contribution in [0.1, 0.15) is 29.3 Å². The average molecular weight is 376 g/mol. The number of rotatable bonds is 4. The van der Waals surface area contributed by atoms with Crippen molar-refractivity contribution < 1.29 is 9.59 Å². The molecule has 0 saturated carbocycles. The normalized spacial score (nSPS) is 10.0. The molecule has 0 saturated heterocycles. The summed E-state index contributed by atoms with van der Waals surface area (Å²) in [5, 5.41) is 9.08. The van der Waals surface area contributed by atoms with Crippen molar-refractivity contribution in [3.63, 3.8) is 0 Å². The van der Waals surface area contributed by atoms with Crippen molar-refractivity contribution >= 4 is 52.1 Å². The third-order valence-electron chi connectivity index (χ3n) is 3.42. The van der Waals surface area contributed by atoms with Gasteiger partial charge in [0.05, 0.1) is 0 Å². The molecule has 0 radical (unpaired) electrons. The lowest BCUT2D eigenvalue weighted by molar-refractivity contribution is -0.115. The van der Waals surface area contributed by atoms with Crippen LogP contribution in [0.25, 0.3) is 0 Å². The third-order valence-corrected chi connectivity index (χ3v) is 3.88. The molecule has 0 aromatic heterocycles. The second-order valence-corrected chi connectivity index (χ2v) is 6.19. The lowest BCUT2D eigenvalue weighted by Gasteiger charge is -2.13. The Balaban J connectivity index is 2.02. The molecule has 0 spiro atoms. The highest BCUT2D eigenvalue weighted by Gasteiger charge is 2.09. The maximum absolute atomic E-state index is 12.1. The van der Waals surface area contributed by atoms with Gasteiger partial charge in [-0.05, 0) is 61.1 Å². The Hall–Kier alpha value is -2.44. The molecule has 25 heavy (non-hydrogen) atoms. The quantitative estimate of drug-likeness (QED) is 0.703. The predicted molar refractivity (Wildman–Crippen MR) is 105 cm³/mol. The van der Waals surface area contributed by atoms with Gasteiger partial charge in [0.2, 0.25) is 5.91 Å². The molecule has 0 atom stereocenters. The van der Waals surface area contributed by atoms with Gasteiger partial charge in [0.1, 0.15) is 0 Å². The maximum Gasteiger partial charge on any atom is 0.257 e. The van der Waals surface area contributed by atoms with Gasteiger partial charge in [-0.3, -0.25) is 14.9 Å². The van der Waals surface area contributed by atoms with E-state index in [2.05, 4.69) is 16.0 Å². The summed E-state index contributed by atoms with van der Waals surface area (Å²) in [6.45, 7) is 3.68. The largest absolute Gasteiger partial charge is 0.332 e. The molecule has 7 heteroatoms. The van der Waals surface area contributed by atoms with Crippen LogP contribution in [-0.2, 0) is 4.79 Å². The van der Waals surface area contributed by atoms with E-state index in [9.17, 15) is 9.59 Å². The summed E-state index contributed by atoms with van der Waals surface area (Å²) in [4.78, 5) is 23.7. The number of amides is 2. The molecule has 3 N–H and O–H groups in total. The van der Waals surface area contributed by atoms with Crippen LogP contribution in [0, 0.1) is 6.92 Å². The SMILES string of the molecule is CCC(=O)Nc1cc(NC(=S)NC(=O)c2ccc(Cl)cc2)ccc1C. The number of aryl methyl sites for hydroxylation is 1. The minimum absolute atomic E-state index is 0.0705. The lowest BCUT2D eigenvalue weighted by Crippen LogP contribution is -2.34. The highest BCUT2D eigenvalue weighted by molar-refractivity contribution is 7.80. The van der Waals surface area contributed by atoms with E-state index < -0.39 is 0 Å². The molecular weight excluding hydrogens is 358 g/mol. The zero-order chi connectivity index (χ0) is 18.4. The Morgan fingerprint density at radius 3 is 2.40 bits per heavy atom. The van der Waals surface area contributed by atoms with Gasteiger partial charge >= 0.3 is 0 Å². The Bertz CT molecular complexity index is 806. The first-order chi connectivity index (χ1) is 11.9. The Morgan fingerprint density at radius 1 is 1.08 bits per heavy atom. The standard InChI is InChI=1S/C18H18ClN3O2S/c1-3-16(23)21-15-10-14(9-4-11(15)2)20-18(25)22-17(24)12-5-7-13(19)8-6-12/h4-10H,3H2,1-2H3,(H,21,23)(H2,20,22,24,25). The molecule has 0 unspecified atom stereocenters. The molecule has 0 aliphatic rings. The van der Waals surface area contributed by atoms with Crippen molar-refractivity contribution in [3.05, 3.63) is 58.6 Å². The minimum atomic E-state index is -0.333. The van der Waals surface area contributed by atoms with Gasteiger partial charge in [0, 0.05) is 28.4 Å². The molecule has 2 amide bonds. The van der Waals surface area contributed by atoms with Crippen LogP contribution in [0.3, 0.4) is 0 Å². The molecule has 0 fully saturated rings. The number of benzene rings is 2. The van der Waals surface area contributed by atoms with E-state index in [0.29, 0.717) is 28.4 Å². The van der Waals surface area contributed by atoms with E-state index in [4.69, 9.17) is 23.8 Å². The van der Waals surface area contributed by atoms with E-state index in [0.717, 1.165) is 5.56 Å². The second kappa shape index (κ2) is 8.60. The first-order valence-electron chi connectivity index (χ1n) is 7.67. The minimum Gasteiger partial charge on any atom is -0.332 e. The van der Waals surface area contributed by atoms with E-state index in [-0.39, 0.29) is 16.9 Å². The molecule has 0 aliphatic carbocycles. The molecule has 2 rings (SSSR count). The van der Waals surface area contributed by atoms with E-state index in [1.165, 1.54) is 0 Å². The highest BCUT2D eigenvalue weighted by Crippen LogP contribution is 2.20. The van der Waals surface area contributed by atoms with Crippen LogP contribution in [0.4, 0.5) is 11.4 Å². The van der Waals surface area contributed by atoms with Gasteiger partial charge < -0.3 is 10.6 Å². The van der Waals surface area contributed by atoms with Gasteiger partial charge in [-0.2, -0.15) is 0 Å². The third kappa shape index (κ3) is 5.55. The van der Waals surface area contributed by atoms with Crippen LogP contribution < -0.4 is 16.0 Å². The van der Waals surface area contributed by atoms with Crippen LogP contribution >= 0.6 is 23.8 Å². The number of thiocarbonyl (C=S) groups is 1. The van der Waals surface area contributed by atoms with Crippen molar-refractivity contribution in [1.29, 1.82) is 0 Å².